The van der Waals surface area contributed by atoms with Gasteiger partial charge in [-0.1, -0.05) is 42.4 Å². The number of oxime groups is 1. The molecule has 2 N–H and O–H groups in total. The van der Waals surface area contributed by atoms with E-state index in [-0.39, 0.29) is 5.92 Å². The summed E-state index contributed by atoms with van der Waals surface area (Å²) in [7, 11) is 0. The summed E-state index contributed by atoms with van der Waals surface area (Å²) in [6, 6.07) is 9.71. The minimum Gasteiger partial charge on any atom is -0.411 e. The van der Waals surface area contributed by atoms with Crippen molar-refractivity contribution in [3.8, 4) is 0 Å². The molecule has 1 aromatic rings. The molecule has 0 aliphatic carbocycles. The molecule has 2 rings (SSSR count). The second-order valence-electron chi connectivity index (χ2n) is 4.93. The van der Waals surface area contributed by atoms with E-state index in [9.17, 15) is 5.11 Å². The predicted octanol–water partition coefficient (Wildman–Crippen LogP) is 1.89. The van der Waals surface area contributed by atoms with Crippen LogP contribution < -0.4 is 0 Å². The van der Waals surface area contributed by atoms with Gasteiger partial charge in [-0.3, -0.25) is 4.90 Å². The van der Waals surface area contributed by atoms with Gasteiger partial charge >= 0.3 is 0 Å². The molecular formula is C14H20N2O2. The van der Waals surface area contributed by atoms with Crippen LogP contribution in [0.25, 0.3) is 0 Å². The molecule has 0 bridgehead atoms. The van der Waals surface area contributed by atoms with Crippen molar-refractivity contribution in [2.24, 2.45) is 11.1 Å². The lowest BCUT2D eigenvalue weighted by Crippen LogP contribution is -2.41. The maximum Gasteiger partial charge on any atom is 0.0916 e. The van der Waals surface area contributed by atoms with Crippen LogP contribution >= 0.6 is 0 Å². The van der Waals surface area contributed by atoms with Gasteiger partial charge in [0.05, 0.1) is 11.8 Å². The van der Waals surface area contributed by atoms with Crippen molar-refractivity contribution in [3.63, 3.8) is 0 Å². The lowest BCUT2D eigenvalue weighted by atomic mass is 9.97. The standard InChI is InChI=1S/C14H20N2O2/c1-11-9-16(8-7-13(11)15-18)10-14(17)12-5-3-2-4-6-12/h2-6,11,14,17-18H,7-10H2,1H3/b15-13+. The molecule has 0 aromatic heterocycles. The van der Waals surface area contributed by atoms with E-state index in [1.54, 1.807) is 0 Å². The van der Waals surface area contributed by atoms with E-state index >= 15 is 0 Å². The fraction of sp³-hybridized carbons (Fsp3) is 0.500. The van der Waals surface area contributed by atoms with Gasteiger partial charge in [-0.2, -0.15) is 0 Å². The monoisotopic (exact) mass is 248 g/mol. The van der Waals surface area contributed by atoms with Crippen molar-refractivity contribution in [1.82, 2.24) is 4.90 Å². The highest BCUT2D eigenvalue weighted by atomic mass is 16.4. The summed E-state index contributed by atoms with van der Waals surface area (Å²) in [4.78, 5) is 2.22. The Morgan fingerprint density at radius 3 is 2.72 bits per heavy atom. The molecule has 4 heteroatoms. The van der Waals surface area contributed by atoms with Crippen LogP contribution in [0.15, 0.2) is 35.5 Å². The molecular weight excluding hydrogens is 228 g/mol. The van der Waals surface area contributed by atoms with Crippen molar-refractivity contribution in [3.05, 3.63) is 35.9 Å². The zero-order chi connectivity index (χ0) is 13.0. The van der Waals surface area contributed by atoms with Crippen LogP contribution in [0.1, 0.15) is 25.0 Å². The number of hydrogen-bond acceptors (Lipinski definition) is 4. The Labute approximate surface area is 108 Å². The number of hydrogen-bond donors (Lipinski definition) is 2. The third kappa shape index (κ3) is 3.09. The molecule has 98 valence electrons. The minimum atomic E-state index is -0.453. The smallest absolute Gasteiger partial charge is 0.0916 e. The number of likely N-dealkylation sites (tertiary alicyclic amines) is 1. The first kappa shape index (κ1) is 13.1. The Hall–Kier alpha value is -1.39. The fourth-order valence-electron chi connectivity index (χ4n) is 2.44. The van der Waals surface area contributed by atoms with E-state index in [1.165, 1.54) is 0 Å². The van der Waals surface area contributed by atoms with Crippen molar-refractivity contribution < 1.29 is 10.3 Å². The number of β-amino-alcohol motifs (C(OH)–C–C–N with tert-alkyl or cyclic N) is 1. The van der Waals surface area contributed by atoms with Gasteiger partial charge in [0.2, 0.25) is 0 Å². The lowest BCUT2D eigenvalue weighted by molar-refractivity contribution is 0.105. The molecule has 1 fully saturated rings. The maximum absolute atomic E-state index is 10.2. The first-order valence-electron chi connectivity index (χ1n) is 6.37. The molecule has 1 aromatic carbocycles. The van der Waals surface area contributed by atoms with Gasteiger partial charge in [-0.05, 0) is 5.56 Å². The third-order valence-electron chi connectivity index (χ3n) is 3.53. The van der Waals surface area contributed by atoms with Crippen molar-refractivity contribution in [1.29, 1.82) is 0 Å². The predicted molar refractivity (Wildman–Crippen MR) is 70.8 cm³/mol. The molecule has 0 amide bonds. The summed E-state index contributed by atoms with van der Waals surface area (Å²) in [5.74, 6) is 0.256. The first-order valence-corrected chi connectivity index (χ1v) is 6.37. The second-order valence-corrected chi connectivity index (χ2v) is 4.93. The summed E-state index contributed by atoms with van der Waals surface area (Å²) in [5.41, 5.74) is 1.81. The third-order valence-corrected chi connectivity index (χ3v) is 3.53. The normalized spacial score (nSPS) is 25.2. The fourth-order valence-corrected chi connectivity index (χ4v) is 2.44. The van der Waals surface area contributed by atoms with Crippen LogP contribution in [-0.2, 0) is 0 Å². The highest BCUT2D eigenvalue weighted by Crippen LogP contribution is 2.18. The van der Waals surface area contributed by atoms with Gasteiger partial charge < -0.3 is 10.3 Å². The Balaban J connectivity index is 1.91. The molecule has 1 saturated heterocycles. The second kappa shape index (κ2) is 5.98. The topological polar surface area (TPSA) is 56.1 Å². The molecule has 1 heterocycles. The summed E-state index contributed by atoms with van der Waals surface area (Å²) in [5, 5.41) is 22.3. The van der Waals surface area contributed by atoms with Crippen LogP contribution in [0.2, 0.25) is 0 Å². The summed E-state index contributed by atoms with van der Waals surface area (Å²) in [6.45, 7) is 4.36. The largest absolute Gasteiger partial charge is 0.411 e. The Bertz CT molecular complexity index is 406. The summed E-state index contributed by atoms with van der Waals surface area (Å²) >= 11 is 0. The Morgan fingerprint density at radius 1 is 1.39 bits per heavy atom. The van der Waals surface area contributed by atoms with E-state index in [0.717, 1.165) is 30.8 Å². The van der Waals surface area contributed by atoms with E-state index < -0.39 is 6.10 Å². The molecule has 1 aliphatic heterocycles. The lowest BCUT2D eigenvalue weighted by Gasteiger charge is -2.32. The zero-order valence-electron chi connectivity index (χ0n) is 10.7. The number of nitrogens with zero attached hydrogens (tertiary/aromatic N) is 2. The summed E-state index contributed by atoms with van der Waals surface area (Å²) < 4.78 is 0. The number of aliphatic hydroxyl groups is 1. The quantitative estimate of drug-likeness (QED) is 0.634. The van der Waals surface area contributed by atoms with Crippen LogP contribution in [0.3, 0.4) is 0 Å². The number of piperidine rings is 1. The van der Waals surface area contributed by atoms with E-state index in [0.29, 0.717) is 6.54 Å². The number of benzene rings is 1. The van der Waals surface area contributed by atoms with E-state index in [1.807, 2.05) is 30.3 Å². The average Bonchev–Trinajstić information content (AvgIpc) is 2.40. The SMILES string of the molecule is CC1CN(CC(O)c2ccccc2)CC/C1=N\O. The van der Waals surface area contributed by atoms with Gasteiger partial charge in [0.25, 0.3) is 0 Å². The van der Waals surface area contributed by atoms with Gasteiger partial charge in [0, 0.05) is 32.0 Å². The highest BCUT2D eigenvalue weighted by Gasteiger charge is 2.24. The van der Waals surface area contributed by atoms with Crippen LogP contribution in [0.4, 0.5) is 0 Å². The Kier molecular flexibility index (Phi) is 4.33. The average molecular weight is 248 g/mol. The maximum atomic E-state index is 10.2. The molecule has 1 aliphatic rings. The first-order chi connectivity index (χ1) is 8.70. The van der Waals surface area contributed by atoms with Crippen molar-refractivity contribution in [2.45, 2.75) is 19.4 Å². The van der Waals surface area contributed by atoms with Crippen molar-refractivity contribution in [2.75, 3.05) is 19.6 Å². The minimum absolute atomic E-state index is 0.256. The van der Waals surface area contributed by atoms with Gasteiger partial charge in [0.15, 0.2) is 0 Å². The van der Waals surface area contributed by atoms with Gasteiger partial charge in [-0.25, -0.2) is 0 Å². The van der Waals surface area contributed by atoms with E-state index in [2.05, 4.69) is 17.0 Å². The molecule has 0 spiro atoms. The molecule has 0 saturated carbocycles. The number of rotatable bonds is 3. The van der Waals surface area contributed by atoms with Crippen LogP contribution in [0.5, 0.6) is 0 Å². The van der Waals surface area contributed by atoms with Crippen LogP contribution in [-0.4, -0.2) is 40.6 Å². The molecule has 2 unspecified atom stereocenters. The van der Waals surface area contributed by atoms with Crippen LogP contribution in [0, 0.1) is 5.92 Å². The molecule has 0 radical (unpaired) electrons. The number of aliphatic hydroxyl groups excluding tert-OH is 1. The zero-order valence-corrected chi connectivity index (χ0v) is 10.7. The molecule has 4 nitrogen and oxygen atoms in total. The van der Waals surface area contributed by atoms with Crippen molar-refractivity contribution >= 4 is 5.71 Å². The molecule has 18 heavy (non-hydrogen) atoms. The molecule has 2 atom stereocenters. The van der Waals surface area contributed by atoms with Gasteiger partial charge in [0.1, 0.15) is 0 Å². The van der Waals surface area contributed by atoms with Gasteiger partial charge in [-0.15, -0.1) is 0 Å². The summed E-state index contributed by atoms with van der Waals surface area (Å²) in [6.07, 6.45) is 0.324. The highest BCUT2D eigenvalue weighted by molar-refractivity contribution is 5.86. The van der Waals surface area contributed by atoms with E-state index in [4.69, 9.17) is 5.21 Å². The Morgan fingerprint density at radius 2 is 2.11 bits per heavy atom.